The fourth-order valence-electron chi connectivity index (χ4n) is 10.0. The molecule has 0 aliphatic heterocycles. The van der Waals surface area contributed by atoms with E-state index in [-0.39, 0.29) is 0 Å². The average molecular weight is 777 g/mol. The first kappa shape index (κ1) is 35.2. The van der Waals surface area contributed by atoms with Crippen molar-refractivity contribution in [3.05, 3.63) is 230 Å². The summed E-state index contributed by atoms with van der Waals surface area (Å²) in [6.45, 7) is 0. The summed E-state index contributed by atoms with van der Waals surface area (Å²) < 4.78 is 0. The molecule has 0 bridgehead atoms. The predicted octanol–water partition coefficient (Wildman–Crippen LogP) is 15.9. The van der Waals surface area contributed by atoms with E-state index in [1.807, 2.05) is 18.5 Å². The van der Waals surface area contributed by atoms with Crippen LogP contribution in [0.4, 0.5) is 17.1 Å². The van der Waals surface area contributed by atoms with Crippen LogP contribution in [-0.4, -0.2) is 4.98 Å². The van der Waals surface area contributed by atoms with E-state index in [0.717, 1.165) is 35.3 Å². The predicted molar refractivity (Wildman–Crippen MR) is 258 cm³/mol. The van der Waals surface area contributed by atoms with Crippen molar-refractivity contribution in [1.82, 2.24) is 4.98 Å². The SMILES string of the molecule is c1cncc(-c2ccc(N(c3ccc4c(c3)CCc3cc(-c5c6ccccc6c(-c6cccc7ccccc67)c6ccccc56)ccc3-4)c3cccc4ccccc34)cc2)c1. The van der Waals surface area contributed by atoms with Crippen LogP contribution in [-0.2, 0) is 12.8 Å². The van der Waals surface area contributed by atoms with Crippen LogP contribution in [0.15, 0.2) is 219 Å². The van der Waals surface area contributed by atoms with E-state index >= 15 is 0 Å². The van der Waals surface area contributed by atoms with E-state index in [4.69, 9.17) is 0 Å². The molecular formula is C59H40N2. The largest absolute Gasteiger partial charge is 0.310 e. The summed E-state index contributed by atoms with van der Waals surface area (Å²) in [5.41, 5.74) is 16.3. The summed E-state index contributed by atoms with van der Waals surface area (Å²) in [5.74, 6) is 0. The number of aromatic nitrogens is 1. The van der Waals surface area contributed by atoms with Crippen LogP contribution in [0, 0.1) is 0 Å². The molecular weight excluding hydrogens is 737 g/mol. The first-order valence-electron chi connectivity index (χ1n) is 21.2. The van der Waals surface area contributed by atoms with Gasteiger partial charge in [0.05, 0.1) is 5.69 Å². The number of pyridine rings is 1. The van der Waals surface area contributed by atoms with Crippen molar-refractivity contribution >= 4 is 60.2 Å². The number of nitrogens with zero attached hydrogens (tertiary/aromatic N) is 2. The maximum Gasteiger partial charge on any atom is 0.0540 e. The maximum atomic E-state index is 4.36. The van der Waals surface area contributed by atoms with Gasteiger partial charge in [0.15, 0.2) is 0 Å². The number of hydrogen-bond acceptors (Lipinski definition) is 2. The Hall–Kier alpha value is -7.81. The van der Waals surface area contributed by atoms with Gasteiger partial charge >= 0.3 is 0 Å². The minimum Gasteiger partial charge on any atom is -0.310 e. The Morgan fingerprint density at radius 3 is 1.57 bits per heavy atom. The number of benzene rings is 10. The Labute approximate surface area is 355 Å². The lowest BCUT2D eigenvalue weighted by molar-refractivity contribution is 0.942. The van der Waals surface area contributed by atoms with Crippen LogP contribution >= 0.6 is 0 Å². The summed E-state index contributed by atoms with van der Waals surface area (Å²) in [7, 11) is 0. The molecule has 10 aromatic carbocycles. The fraction of sp³-hybridized carbons (Fsp3) is 0.0339. The van der Waals surface area contributed by atoms with E-state index < -0.39 is 0 Å². The fourth-order valence-corrected chi connectivity index (χ4v) is 10.0. The van der Waals surface area contributed by atoms with E-state index in [9.17, 15) is 0 Å². The van der Waals surface area contributed by atoms with Crippen LogP contribution in [0.1, 0.15) is 11.1 Å². The van der Waals surface area contributed by atoms with Crippen molar-refractivity contribution < 1.29 is 0 Å². The second-order valence-electron chi connectivity index (χ2n) is 16.2. The number of aryl methyl sites for hydroxylation is 2. The molecule has 0 saturated carbocycles. The van der Waals surface area contributed by atoms with E-state index in [1.54, 1.807) is 0 Å². The molecule has 2 heteroatoms. The van der Waals surface area contributed by atoms with Gasteiger partial charge in [0.25, 0.3) is 0 Å². The quantitative estimate of drug-likeness (QED) is 0.156. The van der Waals surface area contributed by atoms with Crippen LogP contribution < -0.4 is 4.90 Å². The lowest BCUT2D eigenvalue weighted by Crippen LogP contribution is -2.12. The summed E-state index contributed by atoms with van der Waals surface area (Å²) >= 11 is 0. The van der Waals surface area contributed by atoms with Gasteiger partial charge in [-0.1, -0.05) is 170 Å². The first-order chi connectivity index (χ1) is 30.3. The second-order valence-corrected chi connectivity index (χ2v) is 16.2. The smallest absolute Gasteiger partial charge is 0.0540 e. The van der Waals surface area contributed by atoms with Gasteiger partial charge in [-0.3, -0.25) is 4.98 Å². The van der Waals surface area contributed by atoms with Crippen molar-refractivity contribution in [3.63, 3.8) is 0 Å². The van der Waals surface area contributed by atoms with Gasteiger partial charge in [-0.05, 0) is 143 Å². The summed E-state index contributed by atoms with van der Waals surface area (Å²) in [5, 5.41) is 10.1. The maximum absolute atomic E-state index is 4.36. The Balaban J connectivity index is 0.972. The summed E-state index contributed by atoms with van der Waals surface area (Å²) in [6.07, 6.45) is 5.71. The van der Waals surface area contributed by atoms with Gasteiger partial charge in [-0.2, -0.15) is 0 Å². The highest BCUT2D eigenvalue weighted by atomic mass is 15.1. The molecule has 0 saturated heterocycles. The molecule has 1 aliphatic carbocycles. The number of fused-ring (bicyclic) bond motifs is 7. The third kappa shape index (κ3) is 5.91. The molecule has 0 amide bonds. The highest BCUT2D eigenvalue weighted by Gasteiger charge is 2.23. The zero-order valence-corrected chi connectivity index (χ0v) is 33.6. The van der Waals surface area contributed by atoms with Crippen molar-refractivity contribution in [2.24, 2.45) is 0 Å². The molecule has 0 atom stereocenters. The number of rotatable bonds is 6. The molecule has 286 valence electrons. The number of anilines is 3. The summed E-state index contributed by atoms with van der Waals surface area (Å²) in [6, 6.07) is 76.1. The molecule has 0 N–H and O–H groups in total. The third-order valence-electron chi connectivity index (χ3n) is 12.8. The highest BCUT2D eigenvalue weighted by molar-refractivity contribution is 6.23. The molecule has 11 aromatic rings. The molecule has 1 aromatic heterocycles. The third-order valence-corrected chi connectivity index (χ3v) is 12.8. The van der Waals surface area contributed by atoms with Crippen LogP contribution in [0.2, 0.25) is 0 Å². The zero-order chi connectivity index (χ0) is 40.3. The molecule has 12 rings (SSSR count). The highest BCUT2D eigenvalue weighted by Crippen LogP contribution is 2.47. The Morgan fingerprint density at radius 2 is 0.885 bits per heavy atom. The molecule has 0 fully saturated rings. The molecule has 1 aliphatic rings. The lowest BCUT2D eigenvalue weighted by atomic mass is 9.81. The first-order valence-corrected chi connectivity index (χ1v) is 21.2. The summed E-state index contributed by atoms with van der Waals surface area (Å²) in [4.78, 5) is 6.78. The van der Waals surface area contributed by atoms with Gasteiger partial charge in [-0.25, -0.2) is 0 Å². The van der Waals surface area contributed by atoms with E-state index in [2.05, 4.69) is 210 Å². The van der Waals surface area contributed by atoms with E-state index in [1.165, 1.54) is 93.3 Å². The van der Waals surface area contributed by atoms with E-state index in [0.29, 0.717) is 0 Å². The molecule has 61 heavy (non-hydrogen) atoms. The monoisotopic (exact) mass is 776 g/mol. The van der Waals surface area contributed by atoms with Gasteiger partial charge in [0, 0.05) is 29.2 Å². The molecule has 0 radical (unpaired) electrons. The normalized spacial score (nSPS) is 12.1. The van der Waals surface area contributed by atoms with Crippen LogP contribution in [0.5, 0.6) is 0 Å². The van der Waals surface area contributed by atoms with Gasteiger partial charge in [-0.15, -0.1) is 0 Å². The molecule has 2 nitrogen and oxygen atoms in total. The lowest BCUT2D eigenvalue weighted by Gasteiger charge is -2.29. The minimum atomic E-state index is 0.977. The van der Waals surface area contributed by atoms with Crippen molar-refractivity contribution in [2.45, 2.75) is 12.8 Å². The average Bonchev–Trinajstić information content (AvgIpc) is 3.33. The topological polar surface area (TPSA) is 16.1 Å². The van der Waals surface area contributed by atoms with Gasteiger partial charge in [0.2, 0.25) is 0 Å². The minimum absolute atomic E-state index is 0.977. The van der Waals surface area contributed by atoms with Crippen molar-refractivity contribution in [3.8, 4) is 44.5 Å². The standard InChI is InChI=1S/C59H40N2/c1-3-17-48-40(12-1)14-9-23-52(48)59-55-21-7-5-19-53(55)58(54-20-6-8-22-56(54)59)44-29-33-49-42(36-44)25-26-43-37-47(32-34-50(43)49)61(57-24-10-15-41-13-2-4-18-51(41)57)46-30-27-39(28-31-46)45-16-11-35-60-38-45/h1-24,27-38H,25-26H2. The van der Waals surface area contributed by atoms with Gasteiger partial charge in [0.1, 0.15) is 0 Å². The molecule has 1 heterocycles. The second kappa shape index (κ2) is 14.5. The Kier molecular flexibility index (Phi) is 8.35. The van der Waals surface area contributed by atoms with Crippen LogP contribution in [0.3, 0.4) is 0 Å². The molecule has 0 spiro atoms. The van der Waals surface area contributed by atoms with Crippen molar-refractivity contribution in [2.75, 3.05) is 4.90 Å². The Bertz CT molecular complexity index is 3410. The number of hydrogen-bond donors (Lipinski definition) is 0. The zero-order valence-electron chi connectivity index (χ0n) is 33.6. The van der Waals surface area contributed by atoms with Crippen LogP contribution in [0.25, 0.3) is 87.6 Å². The van der Waals surface area contributed by atoms with Crippen molar-refractivity contribution in [1.29, 1.82) is 0 Å². The molecule has 0 unspecified atom stereocenters. The van der Waals surface area contributed by atoms with Gasteiger partial charge < -0.3 is 4.90 Å². The Morgan fingerprint density at radius 1 is 0.344 bits per heavy atom.